The van der Waals surface area contributed by atoms with Gasteiger partial charge in [-0.15, -0.1) is 0 Å². The lowest BCUT2D eigenvalue weighted by Crippen LogP contribution is -2.26. The van der Waals surface area contributed by atoms with E-state index in [1.807, 2.05) is 12.1 Å². The number of amides is 1. The van der Waals surface area contributed by atoms with Crippen LogP contribution in [0, 0.1) is 5.82 Å². The van der Waals surface area contributed by atoms with Crippen LogP contribution >= 0.6 is 11.6 Å². The molecule has 0 aliphatic heterocycles. The van der Waals surface area contributed by atoms with Gasteiger partial charge in [0.05, 0.1) is 5.02 Å². The Balaban J connectivity index is 1.72. The summed E-state index contributed by atoms with van der Waals surface area (Å²) >= 11 is 6.04. The van der Waals surface area contributed by atoms with Crippen LogP contribution in [0.4, 0.5) is 10.1 Å². The molecule has 9 heteroatoms. The normalized spacial score (nSPS) is 11.1. The fraction of sp³-hybridized carbons (Fsp3) is 0.100. The number of carbonyl (C=O) groups is 1. The molecule has 0 unspecified atom stereocenters. The molecule has 150 valence electrons. The van der Waals surface area contributed by atoms with Crippen molar-refractivity contribution in [2.45, 2.75) is 11.3 Å². The van der Waals surface area contributed by atoms with E-state index in [1.54, 1.807) is 12.3 Å². The third kappa shape index (κ3) is 5.52. The molecular formula is C20H17ClFN3O3S. The second kappa shape index (κ2) is 9.02. The molecule has 2 N–H and O–H groups in total. The molecule has 0 bridgehead atoms. The van der Waals surface area contributed by atoms with Crippen molar-refractivity contribution in [2.24, 2.45) is 0 Å². The van der Waals surface area contributed by atoms with E-state index >= 15 is 0 Å². The van der Waals surface area contributed by atoms with Gasteiger partial charge in [0, 0.05) is 36.1 Å². The van der Waals surface area contributed by atoms with Crippen molar-refractivity contribution in [3.8, 4) is 0 Å². The lowest BCUT2D eigenvalue weighted by Gasteiger charge is -2.11. The van der Waals surface area contributed by atoms with Crippen molar-refractivity contribution < 1.29 is 17.6 Å². The van der Waals surface area contributed by atoms with Gasteiger partial charge in [-0.05, 0) is 54.6 Å². The van der Waals surface area contributed by atoms with Gasteiger partial charge in [0.1, 0.15) is 10.7 Å². The molecule has 0 fully saturated rings. The number of nitrogens with zero attached hydrogens (tertiary/aromatic N) is 1. The molecule has 2 aromatic carbocycles. The summed E-state index contributed by atoms with van der Waals surface area (Å²) in [5, 5.41) is 2.69. The minimum absolute atomic E-state index is 0.0374. The number of rotatable bonds is 7. The third-order valence-corrected chi connectivity index (χ3v) is 5.84. The first kappa shape index (κ1) is 20.8. The average Bonchev–Trinajstić information content (AvgIpc) is 2.70. The van der Waals surface area contributed by atoms with Gasteiger partial charge >= 0.3 is 0 Å². The second-order valence-corrected chi connectivity index (χ2v) is 8.14. The molecule has 0 spiro atoms. The molecule has 0 radical (unpaired) electrons. The van der Waals surface area contributed by atoms with Gasteiger partial charge in [0.15, 0.2) is 0 Å². The van der Waals surface area contributed by atoms with Crippen LogP contribution in [-0.2, 0) is 16.4 Å². The van der Waals surface area contributed by atoms with Crippen molar-refractivity contribution in [3.05, 3.63) is 89.0 Å². The summed E-state index contributed by atoms with van der Waals surface area (Å²) in [6, 6.07) is 14.3. The summed E-state index contributed by atoms with van der Waals surface area (Å²) in [4.78, 5) is 16.3. The van der Waals surface area contributed by atoms with Crippen LogP contribution in [0.25, 0.3) is 0 Å². The molecule has 0 aliphatic rings. The summed E-state index contributed by atoms with van der Waals surface area (Å²) in [6.45, 7) is 0.342. The van der Waals surface area contributed by atoms with E-state index in [9.17, 15) is 17.6 Å². The van der Waals surface area contributed by atoms with Crippen molar-refractivity contribution in [1.82, 2.24) is 10.3 Å². The van der Waals surface area contributed by atoms with Gasteiger partial charge in [-0.1, -0.05) is 17.7 Å². The maximum absolute atomic E-state index is 13.0. The molecule has 6 nitrogen and oxygen atoms in total. The number of hydrogen-bond donors (Lipinski definition) is 2. The maximum atomic E-state index is 13.0. The predicted molar refractivity (Wildman–Crippen MR) is 109 cm³/mol. The first-order valence-electron chi connectivity index (χ1n) is 8.61. The molecule has 3 aromatic rings. The molecule has 0 aliphatic carbocycles. The smallest absolute Gasteiger partial charge is 0.263 e. The summed E-state index contributed by atoms with van der Waals surface area (Å²) < 4.78 is 40.6. The first-order chi connectivity index (χ1) is 13.8. The number of benzene rings is 2. The van der Waals surface area contributed by atoms with Gasteiger partial charge in [-0.25, -0.2) is 12.8 Å². The second-order valence-electron chi connectivity index (χ2n) is 6.08. The Labute approximate surface area is 172 Å². The standard InChI is InChI=1S/C20H17ClFN3O3S/c21-18-9-4-14(20(26)24-12-10-16-3-1-2-11-23-16)13-19(18)29(27,28)25-17-7-5-15(22)6-8-17/h1-9,11,13,25H,10,12H2,(H,24,26). The Morgan fingerprint density at radius 3 is 2.52 bits per heavy atom. The van der Waals surface area contributed by atoms with Gasteiger partial charge < -0.3 is 5.32 Å². The first-order valence-corrected chi connectivity index (χ1v) is 10.5. The van der Waals surface area contributed by atoms with Crippen LogP contribution in [0.5, 0.6) is 0 Å². The van der Waals surface area contributed by atoms with E-state index in [0.29, 0.717) is 13.0 Å². The average molecular weight is 434 g/mol. The maximum Gasteiger partial charge on any atom is 0.263 e. The largest absolute Gasteiger partial charge is 0.352 e. The van der Waals surface area contributed by atoms with E-state index in [4.69, 9.17) is 11.6 Å². The Morgan fingerprint density at radius 1 is 1.07 bits per heavy atom. The zero-order chi connectivity index (χ0) is 20.9. The molecule has 1 amide bonds. The molecule has 1 aromatic heterocycles. The van der Waals surface area contributed by atoms with Crippen LogP contribution in [0.15, 0.2) is 71.8 Å². The number of hydrogen-bond acceptors (Lipinski definition) is 4. The van der Waals surface area contributed by atoms with Crippen molar-refractivity contribution >= 4 is 33.2 Å². The molecule has 3 rings (SSSR count). The van der Waals surface area contributed by atoms with E-state index in [0.717, 1.165) is 17.8 Å². The van der Waals surface area contributed by atoms with Crippen LogP contribution in [0.1, 0.15) is 16.1 Å². The van der Waals surface area contributed by atoms with Gasteiger partial charge in [-0.3, -0.25) is 14.5 Å². The zero-order valence-electron chi connectivity index (χ0n) is 15.1. The lowest BCUT2D eigenvalue weighted by molar-refractivity contribution is 0.0954. The van der Waals surface area contributed by atoms with E-state index in [2.05, 4.69) is 15.0 Å². The summed E-state index contributed by atoms with van der Waals surface area (Å²) in [5.74, 6) is -0.925. The molecule has 0 saturated carbocycles. The Hall–Kier alpha value is -2.97. The Morgan fingerprint density at radius 2 is 1.83 bits per heavy atom. The summed E-state index contributed by atoms with van der Waals surface area (Å²) in [7, 11) is -4.07. The Kier molecular flexibility index (Phi) is 6.46. The highest BCUT2D eigenvalue weighted by Crippen LogP contribution is 2.25. The van der Waals surface area contributed by atoms with Crippen molar-refractivity contribution in [3.63, 3.8) is 0 Å². The molecule has 1 heterocycles. The van der Waals surface area contributed by atoms with E-state index in [1.165, 1.54) is 30.3 Å². The van der Waals surface area contributed by atoms with Crippen molar-refractivity contribution in [1.29, 1.82) is 0 Å². The number of anilines is 1. The highest BCUT2D eigenvalue weighted by molar-refractivity contribution is 7.92. The molecular weight excluding hydrogens is 417 g/mol. The number of nitrogens with one attached hydrogen (secondary N) is 2. The quantitative estimate of drug-likeness (QED) is 0.595. The lowest BCUT2D eigenvalue weighted by atomic mass is 10.2. The number of aromatic nitrogens is 1. The summed E-state index contributed by atoms with van der Waals surface area (Å²) in [5.41, 5.74) is 1.15. The monoisotopic (exact) mass is 433 g/mol. The van der Waals surface area contributed by atoms with Gasteiger partial charge in [0.2, 0.25) is 0 Å². The van der Waals surface area contributed by atoms with E-state index < -0.39 is 21.7 Å². The fourth-order valence-corrected chi connectivity index (χ4v) is 4.12. The number of pyridine rings is 1. The minimum Gasteiger partial charge on any atom is -0.352 e. The minimum atomic E-state index is -4.07. The van der Waals surface area contributed by atoms with Crippen LogP contribution < -0.4 is 10.0 Å². The highest BCUT2D eigenvalue weighted by atomic mass is 35.5. The molecule has 0 atom stereocenters. The van der Waals surface area contributed by atoms with Crippen LogP contribution in [0.2, 0.25) is 5.02 Å². The summed E-state index contributed by atoms with van der Waals surface area (Å²) in [6.07, 6.45) is 2.21. The van der Waals surface area contributed by atoms with Gasteiger partial charge in [0.25, 0.3) is 15.9 Å². The SMILES string of the molecule is O=C(NCCc1ccccn1)c1ccc(Cl)c(S(=O)(=O)Nc2ccc(F)cc2)c1. The number of sulfonamides is 1. The van der Waals surface area contributed by atoms with Crippen LogP contribution in [-0.4, -0.2) is 25.9 Å². The number of halogens is 2. The third-order valence-electron chi connectivity index (χ3n) is 3.97. The fourth-order valence-electron chi connectivity index (χ4n) is 2.53. The molecule has 0 saturated heterocycles. The predicted octanol–water partition coefficient (Wildman–Crippen LogP) is 3.65. The molecule has 29 heavy (non-hydrogen) atoms. The Bertz CT molecular complexity index is 1110. The van der Waals surface area contributed by atoms with Gasteiger partial charge in [-0.2, -0.15) is 0 Å². The zero-order valence-corrected chi connectivity index (χ0v) is 16.7. The van der Waals surface area contributed by atoms with E-state index in [-0.39, 0.29) is 21.2 Å². The topological polar surface area (TPSA) is 88.2 Å². The number of carbonyl (C=O) groups excluding carboxylic acids is 1. The van der Waals surface area contributed by atoms with Crippen LogP contribution in [0.3, 0.4) is 0 Å². The highest BCUT2D eigenvalue weighted by Gasteiger charge is 2.20. The van der Waals surface area contributed by atoms with Crippen molar-refractivity contribution in [2.75, 3.05) is 11.3 Å².